The number of nitrogens with zero attached hydrogens (tertiary/aromatic N) is 2. The van der Waals surface area contributed by atoms with E-state index in [0.717, 1.165) is 45.3 Å². The molecule has 26 heavy (non-hydrogen) atoms. The van der Waals surface area contributed by atoms with E-state index in [-0.39, 0.29) is 12.0 Å². The SMILES string of the molecule is CCC(NCCN=C(N)N)c1cc(C)c(C)cc1C1CCN(C=O)CC1. The zero-order valence-electron chi connectivity index (χ0n) is 16.3. The quantitative estimate of drug-likeness (QED) is 0.286. The van der Waals surface area contributed by atoms with Crippen LogP contribution >= 0.6 is 0 Å². The lowest BCUT2D eigenvalue weighted by atomic mass is 9.82. The lowest BCUT2D eigenvalue weighted by Crippen LogP contribution is -2.33. The second-order valence-corrected chi connectivity index (χ2v) is 7.20. The number of hydrogen-bond donors (Lipinski definition) is 3. The summed E-state index contributed by atoms with van der Waals surface area (Å²) in [4.78, 5) is 16.9. The van der Waals surface area contributed by atoms with Crippen molar-refractivity contribution < 1.29 is 4.79 Å². The van der Waals surface area contributed by atoms with E-state index >= 15 is 0 Å². The zero-order valence-corrected chi connectivity index (χ0v) is 16.3. The first-order chi connectivity index (χ1) is 12.5. The lowest BCUT2D eigenvalue weighted by molar-refractivity contribution is -0.119. The number of guanidine groups is 1. The van der Waals surface area contributed by atoms with Gasteiger partial charge in [-0.1, -0.05) is 19.1 Å². The molecule has 1 saturated heterocycles. The van der Waals surface area contributed by atoms with Crippen LogP contribution in [0.3, 0.4) is 0 Å². The molecule has 2 rings (SSSR count). The molecule has 1 atom stereocenters. The minimum atomic E-state index is 0.133. The van der Waals surface area contributed by atoms with Gasteiger partial charge in [-0.25, -0.2) is 0 Å². The Morgan fingerprint density at radius 1 is 1.31 bits per heavy atom. The molecule has 1 aromatic rings. The van der Waals surface area contributed by atoms with Crippen molar-refractivity contribution in [3.05, 3.63) is 34.4 Å². The third-order valence-corrected chi connectivity index (χ3v) is 5.40. The summed E-state index contributed by atoms with van der Waals surface area (Å²) in [7, 11) is 0. The van der Waals surface area contributed by atoms with Crippen LogP contribution in [0.5, 0.6) is 0 Å². The average molecular weight is 360 g/mol. The highest BCUT2D eigenvalue weighted by molar-refractivity contribution is 5.75. The first kappa shape index (κ1) is 20.2. The largest absolute Gasteiger partial charge is 0.370 e. The minimum Gasteiger partial charge on any atom is -0.370 e. The number of nitrogens with one attached hydrogen (secondary N) is 1. The summed E-state index contributed by atoms with van der Waals surface area (Å²) < 4.78 is 0. The number of nitrogens with two attached hydrogens (primary N) is 2. The molecule has 0 radical (unpaired) electrons. The number of hydrogen-bond acceptors (Lipinski definition) is 3. The molecule has 0 bridgehead atoms. The Bertz CT molecular complexity index is 631. The molecule has 0 aliphatic carbocycles. The van der Waals surface area contributed by atoms with E-state index in [9.17, 15) is 4.79 Å². The summed E-state index contributed by atoms with van der Waals surface area (Å²) in [5.74, 6) is 0.641. The normalized spacial score (nSPS) is 16.3. The first-order valence-corrected chi connectivity index (χ1v) is 9.55. The number of rotatable bonds is 8. The van der Waals surface area contributed by atoms with E-state index in [1.165, 1.54) is 22.3 Å². The van der Waals surface area contributed by atoms with Gasteiger partial charge in [-0.2, -0.15) is 0 Å². The number of benzene rings is 1. The van der Waals surface area contributed by atoms with Crippen LogP contribution in [0.1, 0.15) is 60.4 Å². The number of piperidine rings is 1. The minimum absolute atomic E-state index is 0.133. The molecular weight excluding hydrogens is 326 g/mol. The van der Waals surface area contributed by atoms with Crippen LogP contribution in [0, 0.1) is 13.8 Å². The van der Waals surface area contributed by atoms with E-state index in [2.05, 4.69) is 43.2 Å². The van der Waals surface area contributed by atoms with E-state index in [1.54, 1.807) is 0 Å². The average Bonchev–Trinajstić information content (AvgIpc) is 2.64. The number of aliphatic imine (C=N–C) groups is 1. The molecule has 1 unspecified atom stereocenters. The van der Waals surface area contributed by atoms with E-state index in [1.807, 2.05) is 4.90 Å². The summed E-state index contributed by atoms with van der Waals surface area (Å²) >= 11 is 0. The van der Waals surface area contributed by atoms with Crippen molar-refractivity contribution in [2.75, 3.05) is 26.2 Å². The zero-order chi connectivity index (χ0) is 19.1. The van der Waals surface area contributed by atoms with E-state index < -0.39 is 0 Å². The molecule has 1 heterocycles. The molecule has 0 spiro atoms. The van der Waals surface area contributed by atoms with Crippen LogP contribution in [-0.2, 0) is 4.79 Å². The van der Waals surface area contributed by atoms with E-state index in [0.29, 0.717) is 12.5 Å². The maximum Gasteiger partial charge on any atom is 0.209 e. The Kier molecular flexibility index (Phi) is 7.45. The maximum atomic E-state index is 11.0. The second kappa shape index (κ2) is 9.57. The van der Waals surface area contributed by atoms with E-state index in [4.69, 9.17) is 11.5 Å². The van der Waals surface area contributed by atoms with Crippen molar-refractivity contribution in [2.45, 2.75) is 52.0 Å². The molecule has 1 aromatic carbocycles. The molecule has 6 nitrogen and oxygen atoms in total. The smallest absolute Gasteiger partial charge is 0.209 e. The topological polar surface area (TPSA) is 96.7 Å². The molecule has 0 aromatic heterocycles. The third-order valence-electron chi connectivity index (χ3n) is 5.40. The van der Waals surface area contributed by atoms with Crippen LogP contribution in [0.15, 0.2) is 17.1 Å². The van der Waals surface area contributed by atoms with Gasteiger partial charge in [0.2, 0.25) is 6.41 Å². The molecule has 6 heteroatoms. The molecule has 1 aliphatic rings. The van der Waals surface area contributed by atoms with Crippen LogP contribution in [0.4, 0.5) is 0 Å². The fraction of sp³-hybridized carbons (Fsp3) is 0.600. The number of likely N-dealkylation sites (tertiary alicyclic amines) is 1. The highest BCUT2D eigenvalue weighted by Gasteiger charge is 2.24. The maximum absolute atomic E-state index is 11.0. The summed E-state index contributed by atoms with van der Waals surface area (Å²) in [5.41, 5.74) is 16.3. The fourth-order valence-electron chi connectivity index (χ4n) is 3.73. The van der Waals surface area contributed by atoms with Gasteiger partial charge in [0.1, 0.15) is 0 Å². The first-order valence-electron chi connectivity index (χ1n) is 9.55. The van der Waals surface area contributed by atoms with Crippen LogP contribution in [0.2, 0.25) is 0 Å². The molecule has 1 amide bonds. The van der Waals surface area contributed by atoms with Gasteiger partial charge in [-0.15, -0.1) is 0 Å². The predicted octanol–water partition coefficient (Wildman–Crippen LogP) is 1.95. The molecule has 0 saturated carbocycles. The highest BCUT2D eigenvalue weighted by Crippen LogP contribution is 2.35. The molecule has 1 fully saturated rings. The highest BCUT2D eigenvalue weighted by atomic mass is 16.1. The number of aryl methyl sites for hydroxylation is 2. The summed E-state index contributed by atoms with van der Waals surface area (Å²) in [5, 5.41) is 3.60. The second-order valence-electron chi connectivity index (χ2n) is 7.20. The lowest BCUT2D eigenvalue weighted by Gasteiger charge is -2.32. The number of carbonyl (C=O) groups is 1. The summed E-state index contributed by atoms with van der Waals surface area (Å²) in [6.07, 6.45) is 4.03. The predicted molar refractivity (Wildman–Crippen MR) is 107 cm³/mol. The molecule has 1 aliphatic heterocycles. The van der Waals surface area contributed by atoms with Gasteiger partial charge in [0, 0.05) is 25.7 Å². The Morgan fingerprint density at radius 2 is 1.96 bits per heavy atom. The van der Waals surface area contributed by atoms with Crippen molar-refractivity contribution >= 4 is 12.4 Å². The van der Waals surface area contributed by atoms with Crippen molar-refractivity contribution in [3.63, 3.8) is 0 Å². The van der Waals surface area contributed by atoms with Crippen LogP contribution in [-0.4, -0.2) is 43.4 Å². The monoisotopic (exact) mass is 359 g/mol. The van der Waals surface area contributed by atoms with Gasteiger partial charge in [-0.3, -0.25) is 9.79 Å². The van der Waals surface area contributed by atoms with Gasteiger partial charge in [0.15, 0.2) is 5.96 Å². The van der Waals surface area contributed by atoms with Crippen molar-refractivity contribution in [1.29, 1.82) is 0 Å². The fourth-order valence-corrected chi connectivity index (χ4v) is 3.73. The van der Waals surface area contributed by atoms with Gasteiger partial charge in [0.05, 0.1) is 6.54 Å². The summed E-state index contributed by atoms with van der Waals surface area (Å²) in [6.45, 7) is 9.56. The number of amides is 1. The molecular formula is C20H33N5O. The summed E-state index contributed by atoms with van der Waals surface area (Å²) in [6, 6.07) is 4.97. The standard InChI is InChI=1S/C20H33N5O/c1-4-19(23-7-8-24-20(21)22)18-12-15(3)14(2)11-17(18)16-5-9-25(13-26)10-6-16/h11-13,16,19,23H,4-10H2,1-3H3,(H4,21,22,24). The van der Waals surface area contributed by atoms with Crippen molar-refractivity contribution in [1.82, 2.24) is 10.2 Å². The Labute approximate surface area is 157 Å². The number of carbonyl (C=O) groups excluding carboxylic acids is 1. The van der Waals surface area contributed by atoms with Gasteiger partial charge in [0.25, 0.3) is 0 Å². The van der Waals surface area contributed by atoms with Crippen LogP contribution < -0.4 is 16.8 Å². The Hall–Kier alpha value is -2.08. The molecule has 5 N–H and O–H groups in total. The Balaban J connectivity index is 2.20. The van der Waals surface area contributed by atoms with Gasteiger partial charge in [-0.05, 0) is 61.3 Å². The Morgan fingerprint density at radius 3 is 2.54 bits per heavy atom. The van der Waals surface area contributed by atoms with Crippen molar-refractivity contribution in [3.8, 4) is 0 Å². The van der Waals surface area contributed by atoms with Gasteiger partial charge >= 0.3 is 0 Å². The molecule has 144 valence electrons. The third kappa shape index (κ3) is 5.21. The van der Waals surface area contributed by atoms with Gasteiger partial charge < -0.3 is 21.7 Å². The van der Waals surface area contributed by atoms with Crippen LogP contribution in [0.25, 0.3) is 0 Å². The van der Waals surface area contributed by atoms with Crippen molar-refractivity contribution in [2.24, 2.45) is 16.5 Å².